The third-order valence-corrected chi connectivity index (χ3v) is 4.38. The second-order valence-electron chi connectivity index (χ2n) is 5.73. The van der Waals surface area contributed by atoms with Gasteiger partial charge in [0, 0.05) is 32.1 Å². The molecule has 1 saturated heterocycles. The first-order chi connectivity index (χ1) is 10.6. The topological polar surface area (TPSA) is 70.1 Å². The lowest BCUT2D eigenvalue weighted by atomic mass is 9.92. The third-order valence-electron chi connectivity index (χ3n) is 4.38. The van der Waals surface area contributed by atoms with Crippen molar-refractivity contribution in [1.82, 2.24) is 9.80 Å². The van der Waals surface area contributed by atoms with Crippen LogP contribution in [0.3, 0.4) is 0 Å². The zero-order chi connectivity index (χ0) is 15.5. The zero-order valence-electron chi connectivity index (χ0n) is 12.4. The van der Waals surface area contributed by atoms with E-state index in [0.717, 1.165) is 11.1 Å². The molecule has 0 bridgehead atoms. The number of hydrogen-bond acceptors (Lipinski definition) is 3. The molecule has 0 aliphatic carbocycles. The number of fused-ring (bicyclic) bond motifs is 1. The molecule has 118 valence electrons. The minimum Gasteiger partial charge on any atom is -0.465 e. The van der Waals surface area contributed by atoms with E-state index in [9.17, 15) is 14.7 Å². The average Bonchev–Trinajstić information content (AvgIpc) is 2.54. The van der Waals surface area contributed by atoms with E-state index < -0.39 is 6.09 Å². The van der Waals surface area contributed by atoms with E-state index in [1.807, 2.05) is 24.3 Å². The molecule has 0 saturated carbocycles. The quantitative estimate of drug-likeness (QED) is 0.895. The molecule has 2 amide bonds. The fourth-order valence-electron chi connectivity index (χ4n) is 3.14. The molecule has 1 aromatic rings. The number of ether oxygens (including phenoxy) is 1. The van der Waals surface area contributed by atoms with Crippen LogP contribution in [0.25, 0.3) is 0 Å². The van der Waals surface area contributed by atoms with Gasteiger partial charge in [-0.3, -0.25) is 4.79 Å². The zero-order valence-corrected chi connectivity index (χ0v) is 12.4. The molecule has 6 nitrogen and oxygen atoms in total. The van der Waals surface area contributed by atoms with E-state index >= 15 is 0 Å². The van der Waals surface area contributed by atoms with Gasteiger partial charge in [-0.15, -0.1) is 0 Å². The molecule has 0 aromatic heterocycles. The Balaban J connectivity index is 1.73. The van der Waals surface area contributed by atoms with Gasteiger partial charge in [0.25, 0.3) is 0 Å². The number of nitrogens with zero attached hydrogens (tertiary/aromatic N) is 2. The van der Waals surface area contributed by atoms with Crippen molar-refractivity contribution in [3.63, 3.8) is 0 Å². The lowest BCUT2D eigenvalue weighted by Crippen LogP contribution is -2.48. The van der Waals surface area contributed by atoms with Gasteiger partial charge in [0.15, 0.2) is 0 Å². The van der Waals surface area contributed by atoms with E-state index in [2.05, 4.69) is 0 Å². The van der Waals surface area contributed by atoms with Crippen LogP contribution in [0.1, 0.15) is 17.5 Å². The van der Waals surface area contributed by atoms with Crippen LogP contribution >= 0.6 is 0 Å². The summed E-state index contributed by atoms with van der Waals surface area (Å²) in [6.45, 7) is 2.65. The first kappa shape index (κ1) is 14.8. The maximum absolute atomic E-state index is 12.4. The first-order valence-electron chi connectivity index (χ1n) is 7.57. The van der Waals surface area contributed by atoms with Crippen LogP contribution in [-0.2, 0) is 22.5 Å². The van der Waals surface area contributed by atoms with Gasteiger partial charge < -0.3 is 19.6 Å². The van der Waals surface area contributed by atoms with Gasteiger partial charge in [0.2, 0.25) is 5.91 Å². The van der Waals surface area contributed by atoms with Crippen LogP contribution in [0.4, 0.5) is 4.79 Å². The lowest BCUT2D eigenvalue weighted by Gasteiger charge is -2.36. The summed E-state index contributed by atoms with van der Waals surface area (Å²) >= 11 is 0. The SMILES string of the molecule is O=C(C[C@@H]1Cc2ccccc2CN1C(=O)O)N1CCOCC1. The monoisotopic (exact) mass is 304 g/mol. The van der Waals surface area contributed by atoms with E-state index in [-0.39, 0.29) is 18.4 Å². The summed E-state index contributed by atoms with van der Waals surface area (Å²) in [6.07, 6.45) is -0.131. The number of rotatable bonds is 2. The van der Waals surface area contributed by atoms with Gasteiger partial charge in [-0.2, -0.15) is 0 Å². The van der Waals surface area contributed by atoms with Crippen LogP contribution in [-0.4, -0.2) is 59.3 Å². The highest BCUT2D eigenvalue weighted by atomic mass is 16.5. The summed E-state index contributed by atoms with van der Waals surface area (Å²) in [4.78, 5) is 27.1. The molecule has 1 atom stereocenters. The molecule has 0 radical (unpaired) electrons. The van der Waals surface area contributed by atoms with Gasteiger partial charge in [0.05, 0.1) is 13.2 Å². The minimum atomic E-state index is -0.964. The number of carbonyl (C=O) groups is 2. The molecule has 1 fully saturated rings. The molecule has 22 heavy (non-hydrogen) atoms. The van der Waals surface area contributed by atoms with Crippen LogP contribution in [0.2, 0.25) is 0 Å². The molecule has 1 N–H and O–H groups in total. The Labute approximate surface area is 129 Å². The molecule has 2 heterocycles. The smallest absolute Gasteiger partial charge is 0.407 e. The summed E-state index contributed by atoms with van der Waals surface area (Å²) in [7, 11) is 0. The molecule has 2 aliphatic heterocycles. The van der Waals surface area contributed by atoms with E-state index in [1.165, 1.54) is 4.90 Å². The maximum Gasteiger partial charge on any atom is 0.407 e. The summed E-state index contributed by atoms with van der Waals surface area (Å²) in [5, 5.41) is 9.44. The number of carbonyl (C=O) groups excluding carboxylic acids is 1. The van der Waals surface area contributed by atoms with Crippen molar-refractivity contribution in [2.75, 3.05) is 26.3 Å². The predicted octanol–water partition coefficient (Wildman–Crippen LogP) is 1.34. The van der Waals surface area contributed by atoms with Crippen LogP contribution in [0, 0.1) is 0 Å². The van der Waals surface area contributed by atoms with Crippen LogP contribution in [0.15, 0.2) is 24.3 Å². The van der Waals surface area contributed by atoms with E-state index in [0.29, 0.717) is 39.3 Å². The second-order valence-corrected chi connectivity index (χ2v) is 5.73. The van der Waals surface area contributed by atoms with Crippen molar-refractivity contribution < 1.29 is 19.4 Å². The molecule has 0 spiro atoms. The minimum absolute atomic E-state index is 0.0129. The van der Waals surface area contributed by atoms with Crippen molar-refractivity contribution in [3.05, 3.63) is 35.4 Å². The van der Waals surface area contributed by atoms with Crippen molar-refractivity contribution in [2.45, 2.75) is 25.4 Å². The standard InChI is InChI=1S/C16H20N2O4/c19-15(17-5-7-22-8-6-17)10-14-9-12-3-1-2-4-13(12)11-18(14)16(20)21/h1-4,14H,5-11H2,(H,20,21)/t14-/m0/s1. The molecule has 6 heteroatoms. The van der Waals surface area contributed by atoms with Crippen molar-refractivity contribution in [1.29, 1.82) is 0 Å². The highest BCUT2D eigenvalue weighted by Crippen LogP contribution is 2.25. The van der Waals surface area contributed by atoms with Gasteiger partial charge in [-0.25, -0.2) is 4.79 Å². The molecule has 0 unspecified atom stereocenters. The number of carboxylic acid groups (broad SMARTS) is 1. The number of morpholine rings is 1. The predicted molar refractivity (Wildman–Crippen MR) is 79.5 cm³/mol. The Bertz CT molecular complexity index is 569. The van der Waals surface area contributed by atoms with Crippen LogP contribution in [0.5, 0.6) is 0 Å². The highest BCUT2D eigenvalue weighted by Gasteiger charge is 2.32. The van der Waals surface area contributed by atoms with Crippen molar-refractivity contribution in [3.8, 4) is 0 Å². The Hall–Kier alpha value is -2.08. The average molecular weight is 304 g/mol. The lowest BCUT2D eigenvalue weighted by molar-refractivity contribution is -0.136. The summed E-state index contributed by atoms with van der Waals surface area (Å²) in [6, 6.07) is 7.54. The molecular formula is C16H20N2O4. The van der Waals surface area contributed by atoms with Gasteiger partial charge >= 0.3 is 6.09 Å². The Kier molecular flexibility index (Phi) is 4.29. The fourth-order valence-corrected chi connectivity index (χ4v) is 3.14. The normalized spacial score (nSPS) is 21.4. The van der Waals surface area contributed by atoms with E-state index in [4.69, 9.17) is 4.74 Å². The van der Waals surface area contributed by atoms with E-state index in [1.54, 1.807) is 4.90 Å². The number of benzene rings is 1. The highest BCUT2D eigenvalue weighted by molar-refractivity contribution is 5.78. The Morgan fingerprint density at radius 1 is 1.18 bits per heavy atom. The molecule has 2 aliphatic rings. The van der Waals surface area contributed by atoms with Crippen molar-refractivity contribution in [2.24, 2.45) is 0 Å². The van der Waals surface area contributed by atoms with Crippen LogP contribution < -0.4 is 0 Å². The van der Waals surface area contributed by atoms with Crippen molar-refractivity contribution >= 4 is 12.0 Å². The maximum atomic E-state index is 12.4. The van der Waals surface area contributed by atoms with Gasteiger partial charge in [-0.1, -0.05) is 24.3 Å². The molecule has 1 aromatic carbocycles. The first-order valence-corrected chi connectivity index (χ1v) is 7.57. The largest absolute Gasteiger partial charge is 0.465 e. The second kappa shape index (κ2) is 6.36. The number of amides is 2. The molecular weight excluding hydrogens is 284 g/mol. The Morgan fingerprint density at radius 3 is 2.55 bits per heavy atom. The molecule has 3 rings (SSSR count). The summed E-state index contributed by atoms with van der Waals surface area (Å²) in [5.41, 5.74) is 2.17. The summed E-state index contributed by atoms with van der Waals surface area (Å²) in [5.74, 6) is 0.0129. The fraction of sp³-hybridized carbons (Fsp3) is 0.500. The summed E-state index contributed by atoms with van der Waals surface area (Å²) < 4.78 is 5.25. The Morgan fingerprint density at radius 2 is 1.86 bits per heavy atom. The van der Waals surface area contributed by atoms with Gasteiger partial charge in [-0.05, 0) is 17.5 Å². The van der Waals surface area contributed by atoms with Gasteiger partial charge in [0.1, 0.15) is 0 Å². The number of hydrogen-bond donors (Lipinski definition) is 1. The third kappa shape index (κ3) is 3.06.